The van der Waals surface area contributed by atoms with E-state index in [4.69, 9.17) is 10.2 Å². The molecule has 8 heteroatoms. The fourth-order valence-electron chi connectivity index (χ4n) is 2.21. The van der Waals surface area contributed by atoms with Crippen LogP contribution in [0.5, 0.6) is 0 Å². The number of hydrogen-bond acceptors (Lipinski definition) is 3. The summed E-state index contributed by atoms with van der Waals surface area (Å²) in [6.45, 7) is 0. The van der Waals surface area contributed by atoms with E-state index in [1.54, 1.807) is 10.5 Å². The molecule has 3 N–H and O–H groups in total. The molecule has 0 aliphatic carbocycles. The number of aryl methyl sites for hydroxylation is 1. The van der Waals surface area contributed by atoms with Crippen LogP contribution in [-0.4, -0.2) is 36.5 Å². The lowest BCUT2D eigenvalue weighted by Gasteiger charge is -1.98. The first-order valence-electron chi connectivity index (χ1n) is 6.11. The summed E-state index contributed by atoms with van der Waals surface area (Å²) < 4.78 is 2.49. The second-order valence-corrected chi connectivity index (χ2v) is 5.32. The van der Waals surface area contributed by atoms with Crippen molar-refractivity contribution >= 4 is 44.7 Å². The van der Waals surface area contributed by atoms with E-state index in [1.807, 2.05) is 0 Å². The second kappa shape index (κ2) is 4.88. The number of halogens is 1. The molecular weight excluding hydrogens is 342 g/mol. The Hall–Kier alpha value is -2.35. The summed E-state index contributed by atoms with van der Waals surface area (Å²) in [5.74, 6) is -1.33. The third-order valence-electron chi connectivity index (χ3n) is 3.20. The number of carboxylic acid groups (broad SMARTS) is 2. The van der Waals surface area contributed by atoms with Gasteiger partial charge in [-0.15, -0.1) is 0 Å². The van der Waals surface area contributed by atoms with Gasteiger partial charge in [-0.05, 0) is 34.1 Å². The van der Waals surface area contributed by atoms with Gasteiger partial charge >= 0.3 is 11.9 Å². The number of carbonyl (C=O) groups is 2. The van der Waals surface area contributed by atoms with Crippen LogP contribution in [0.25, 0.3) is 16.8 Å². The zero-order valence-corrected chi connectivity index (χ0v) is 12.2. The summed E-state index contributed by atoms with van der Waals surface area (Å²) >= 11 is 3.43. The van der Waals surface area contributed by atoms with Crippen molar-refractivity contribution in [2.24, 2.45) is 0 Å². The lowest BCUT2D eigenvalue weighted by atomic mass is 10.2. The van der Waals surface area contributed by atoms with Crippen LogP contribution in [0.2, 0.25) is 0 Å². The minimum absolute atomic E-state index is 0.0172. The molecule has 2 aromatic heterocycles. The minimum Gasteiger partial charge on any atom is -0.481 e. The highest BCUT2D eigenvalue weighted by Gasteiger charge is 2.16. The van der Waals surface area contributed by atoms with Crippen molar-refractivity contribution in [1.82, 2.24) is 14.4 Å². The Kier molecular flexibility index (Phi) is 3.17. The molecule has 0 bridgehead atoms. The van der Waals surface area contributed by atoms with Crippen molar-refractivity contribution in [3.8, 4) is 0 Å². The molecule has 0 atom stereocenters. The Labute approximate surface area is 126 Å². The van der Waals surface area contributed by atoms with Gasteiger partial charge in [0.05, 0.1) is 23.0 Å². The predicted molar refractivity (Wildman–Crippen MR) is 77.7 cm³/mol. The fourth-order valence-corrected chi connectivity index (χ4v) is 2.87. The summed E-state index contributed by atoms with van der Waals surface area (Å²) in [5, 5.41) is 17.7. The van der Waals surface area contributed by atoms with Gasteiger partial charge in [-0.1, -0.05) is 0 Å². The SMILES string of the molecule is O=C(O)CCc1[nH]c2nc3cc(C(=O)O)ccc3n2c1Br. The lowest BCUT2D eigenvalue weighted by molar-refractivity contribution is -0.136. The minimum atomic E-state index is -1.00. The van der Waals surface area contributed by atoms with Gasteiger partial charge in [-0.25, -0.2) is 9.78 Å². The highest BCUT2D eigenvalue weighted by molar-refractivity contribution is 9.10. The first kappa shape index (κ1) is 13.6. The van der Waals surface area contributed by atoms with Gasteiger partial charge in [0.2, 0.25) is 5.78 Å². The number of rotatable bonds is 4. The Balaban J connectivity index is 2.12. The van der Waals surface area contributed by atoms with Crippen LogP contribution in [0, 0.1) is 0 Å². The number of fused-ring (bicyclic) bond motifs is 3. The molecule has 0 unspecified atom stereocenters. The van der Waals surface area contributed by atoms with E-state index in [1.165, 1.54) is 12.1 Å². The van der Waals surface area contributed by atoms with E-state index < -0.39 is 11.9 Å². The zero-order chi connectivity index (χ0) is 15.1. The Bertz CT molecular complexity index is 880. The van der Waals surface area contributed by atoms with Gasteiger partial charge in [0.15, 0.2) is 0 Å². The van der Waals surface area contributed by atoms with E-state index >= 15 is 0 Å². The van der Waals surface area contributed by atoms with Gasteiger partial charge < -0.3 is 15.2 Å². The molecule has 0 fully saturated rings. The van der Waals surface area contributed by atoms with Crippen LogP contribution in [-0.2, 0) is 11.2 Å². The largest absolute Gasteiger partial charge is 0.481 e. The lowest BCUT2D eigenvalue weighted by Crippen LogP contribution is -1.98. The van der Waals surface area contributed by atoms with E-state index in [2.05, 4.69) is 25.9 Å². The molecule has 1 aromatic carbocycles. The van der Waals surface area contributed by atoms with Crippen LogP contribution in [0.3, 0.4) is 0 Å². The highest BCUT2D eigenvalue weighted by Crippen LogP contribution is 2.26. The molecular formula is C13H10BrN3O4. The van der Waals surface area contributed by atoms with Gasteiger partial charge in [-0.3, -0.25) is 9.20 Å². The first-order valence-corrected chi connectivity index (χ1v) is 6.90. The van der Waals surface area contributed by atoms with Crippen LogP contribution in [0.1, 0.15) is 22.5 Å². The summed E-state index contributed by atoms with van der Waals surface area (Å²) in [7, 11) is 0. The molecule has 0 spiro atoms. The molecule has 108 valence electrons. The van der Waals surface area contributed by atoms with Crippen molar-refractivity contribution in [3.05, 3.63) is 34.1 Å². The zero-order valence-electron chi connectivity index (χ0n) is 10.6. The number of nitrogens with one attached hydrogen (secondary N) is 1. The number of carboxylic acids is 2. The second-order valence-electron chi connectivity index (χ2n) is 4.57. The molecule has 3 aromatic rings. The third-order valence-corrected chi connectivity index (χ3v) is 4.03. The van der Waals surface area contributed by atoms with Crippen LogP contribution < -0.4 is 0 Å². The van der Waals surface area contributed by atoms with E-state index in [9.17, 15) is 9.59 Å². The van der Waals surface area contributed by atoms with Crippen molar-refractivity contribution in [2.45, 2.75) is 12.8 Å². The van der Waals surface area contributed by atoms with E-state index in [0.717, 1.165) is 11.2 Å². The number of benzene rings is 1. The molecule has 21 heavy (non-hydrogen) atoms. The quantitative estimate of drug-likeness (QED) is 0.668. The molecule has 0 saturated heterocycles. The smallest absolute Gasteiger partial charge is 0.335 e. The van der Waals surface area contributed by atoms with Crippen molar-refractivity contribution in [3.63, 3.8) is 0 Å². The predicted octanol–water partition coefficient (Wildman–Crippen LogP) is 2.29. The standard InChI is InChI=1S/C13H10BrN3O4/c14-11-7(2-4-10(18)19)15-13-16-8-5-6(12(20)21)1-3-9(8)17(11)13/h1,3,5H,2,4H2,(H,15,16)(H,18,19)(H,20,21). The number of aromatic carboxylic acids is 1. The van der Waals surface area contributed by atoms with Gasteiger partial charge in [-0.2, -0.15) is 0 Å². The van der Waals surface area contributed by atoms with Crippen molar-refractivity contribution in [1.29, 1.82) is 0 Å². The van der Waals surface area contributed by atoms with E-state index in [0.29, 0.717) is 22.3 Å². The van der Waals surface area contributed by atoms with Crippen LogP contribution in [0.4, 0.5) is 0 Å². The Morgan fingerprint density at radius 3 is 2.76 bits per heavy atom. The van der Waals surface area contributed by atoms with Gasteiger partial charge in [0.25, 0.3) is 0 Å². The number of aromatic amines is 1. The maximum atomic E-state index is 11.0. The van der Waals surface area contributed by atoms with Gasteiger partial charge in [0.1, 0.15) is 4.60 Å². The molecule has 0 saturated carbocycles. The van der Waals surface area contributed by atoms with E-state index in [-0.39, 0.29) is 12.0 Å². The molecule has 0 radical (unpaired) electrons. The topological polar surface area (TPSA) is 108 Å². The maximum Gasteiger partial charge on any atom is 0.335 e. The average Bonchev–Trinajstić information content (AvgIpc) is 2.92. The van der Waals surface area contributed by atoms with Crippen LogP contribution >= 0.6 is 15.9 Å². The number of H-pyrrole nitrogens is 1. The first-order chi connectivity index (χ1) is 9.97. The molecule has 3 rings (SSSR count). The monoisotopic (exact) mass is 351 g/mol. The summed E-state index contributed by atoms with van der Waals surface area (Å²) in [6.07, 6.45) is 0.372. The number of aromatic nitrogens is 3. The molecule has 7 nitrogen and oxygen atoms in total. The molecule has 0 aliphatic heterocycles. The Morgan fingerprint density at radius 1 is 1.33 bits per heavy atom. The number of nitrogens with zero attached hydrogens (tertiary/aromatic N) is 2. The van der Waals surface area contributed by atoms with Gasteiger partial charge in [0, 0.05) is 12.1 Å². The van der Waals surface area contributed by atoms with Crippen molar-refractivity contribution in [2.75, 3.05) is 0 Å². The number of hydrogen-bond donors (Lipinski definition) is 3. The fraction of sp³-hybridized carbons (Fsp3) is 0.154. The molecule has 2 heterocycles. The van der Waals surface area contributed by atoms with Crippen molar-refractivity contribution < 1.29 is 19.8 Å². The van der Waals surface area contributed by atoms with Crippen LogP contribution in [0.15, 0.2) is 22.8 Å². The summed E-state index contributed by atoms with van der Waals surface area (Å²) in [5.41, 5.74) is 2.22. The number of imidazole rings is 2. The molecule has 0 amide bonds. The summed E-state index contributed by atoms with van der Waals surface area (Å²) in [6, 6.07) is 4.69. The number of aliphatic carboxylic acids is 1. The maximum absolute atomic E-state index is 11.0. The summed E-state index contributed by atoms with van der Waals surface area (Å²) in [4.78, 5) is 29.0. The normalized spacial score (nSPS) is 11.3. The highest BCUT2D eigenvalue weighted by atomic mass is 79.9. The molecule has 0 aliphatic rings. The Morgan fingerprint density at radius 2 is 2.10 bits per heavy atom. The third kappa shape index (κ3) is 2.27. The average molecular weight is 352 g/mol.